The number of hydrogen-bond donors (Lipinski definition) is 1. The van der Waals surface area contributed by atoms with Crippen molar-refractivity contribution in [2.45, 2.75) is 26.3 Å². The highest BCUT2D eigenvalue weighted by atomic mass is 35.5. The maximum absolute atomic E-state index is 12.1. The number of fused-ring (bicyclic) bond motifs is 1. The second-order valence-electron chi connectivity index (χ2n) is 5.66. The van der Waals surface area contributed by atoms with Crippen molar-refractivity contribution in [2.24, 2.45) is 0 Å². The fraction of sp³-hybridized carbons (Fsp3) is 0.263. The molecule has 3 aromatic rings. The van der Waals surface area contributed by atoms with Crippen LogP contribution in [0.25, 0.3) is 5.65 Å². The predicted molar refractivity (Wildman–Crippen MR) is 98.0 cm³/mol. The third-order valence-electron chi connectivity index (χ3n) is 3.83. The van der Waals surface area contributed by atoms with E-state index >= 15 is 0 Å². The summed E-state index contributed by atoms with van der Waals surface area (Å²) in [6, 6.07) is 11.4. The normalized spacial score (nSPS) is 10.8. The van der Waals surface area contributed by atoms with Gasteiger partial charge in [0, 0.05) is 18.8 Å². The molecule has 130 valence electrons. The first-order chi connectivity index (χ1) is 12.2. The van der Waals surface area contributed by atoms with Crippen molar-refractivity contribution in [3.63, 3.8) is 0 Å². The molecule has 0 unspecified atom stereocenters. The highest BCUT2D eigenvalue weighted by molar-refractivity contribution is 6.30. The highest BCUT2D eigenvalue weighted by Crippen LogP contribution is 2.19. The Labute approximate surface area is 151 Å². The molecule has 0 aliphatic carbocycles. The topological polar surface area (TPSA) is 55.6 Å². The number of carbonyl (C=O) groups is 1. The fourth-order valence-corrected chi connectivity index (χ4v) is 2.80. The first-order valence-electron chi connectivity index (χ1n) is 8.26. The number of halogens is 1. The minimum Gasteiger partial charge on any atom is -0.494 e. The molecule has 3 rings (SSSR count). The number of aromatic nitrogens is 2. The number of carbonyl (C=O) groups excluding carboxylic acids is 1. The van der Waals surface area contributed by atoms with Crippen LogP contribution < -0.4 is 10.1 Å². The maximum atomic E-state index is 12.1. The zero-order valence-electron chi connectivity index (χ0n) is 14.0. The zero-order chi connectivity index (χ0) is 17.6. The molecule has 0 radical (unpaired) electrons. The Hall–Kier alpha value is -2.53. The summed E-state index contributed by atoms with van der Waals surface area (Å²) in [5.41, 5.74) is 2.64. The number of para-hydroxylation sites is 1. The van der Waals surface area contributed by atoms with Gasteiger partial charge < -0.3 is 14.5 Å². The average Bonchev–Trinajstić information content (AvgIpc) is 3.01. The fourth-order valence-electron chi connectivity index (χ4n) is 2.63. The highest BCUT2D eigenvalue weighted by Gasteiger charge is 2.08. The van der Waals surface area contributed by atoms with Crippen LogP contribution >= 0.6 is 11.6 Å². The molecule has 6 heteroatoms. The van der Waals surface area contributed by atoms with Crippen molar-refractivity contribution in [3.8, 4) is 5.75 Å². The first kappa shape index (κ1) is 17.3. The van der Waals surface area contributed by atoms with Crippen LogP contribution in [-0.4, -0.2) is 21.9 Å². The van der Waals surface area contributed by atoms with Crippen LogP contribution in [-0.2, 0) is 17.8 Å². The van der Waals surface area contributed by atoms with Gasteiger partial charge in [0.05, 0.1) is 23.9 Å². The number of hydrogen-bond acceptors (Lipinski definition) is 3. The summed E-state index contributed by atoms with van der Waals surface area (Å²) in [5.74, 6) is 0.830. The van der Waals surface area contributed by atoms with E-state index in [0.29, 0.717) is 31.0 Å². The van der Waals surface area contributed by atoms with E-state index in [-0.39, 0.29) is 5.91 Å². The molecule has 0 atom stereocenters. The largest absolute Gasteiger partial charge is 0.494 e. The lowest BCUT2D eigenvalue weighted by Crippen LogP contribution is -2.23. The lowest BCUT2D eigenvalue weighted by atomic mass is 10.1. The molecule has 2 heterocycles. The first-order valence-corrected chi connectivity index (χ1v) is 8.64. The monoisotopic (exact) mass is 357 g/mol. The predicted octanol–water partition coefficient (Wildman–Crippen LogP) is 3.64. The van der Waals surface area contributed by atoms with Gasteiger partial charge in [-0.2, -0.15) is 0 Å². The third-order valence-corrected chi connectivity index (χ3v) is 4.05. The van der Waals surface area contributed by atoms with Gasteiger partial charge in [0.1, 0.15) is 11.4 Å². The Morgan fingerprint density at radius 1 is 1.24 bits per heavy atom. The van der Waals surface area contributed by atoms with E-state index in [1.165, 1.54) is 0 Å². The van der Waals surface area contributed by atoms with Crippen molar-refractivity contribution < 1.29 is 9.53 Å². The minimum absolute atomic E-state index is 0.0126. The van der Waals surface area contributed by atoms with E-state index in [2.05, 4.69) is 10.3 Å². The lowest BCUT2D eigenvalue weighted by molar-refractivity contribution is -0.121. The van der Waals surface area contributed by atoms with Crippen molar-refractivity contribution >= 4 is 23.2 Å². The van der Waals surface area contributed by atoms with Gasteiger partial charge in [-0.3, -0.25) is 4.79 Å². The van der Waals surface area contributed by atoms with Crippen molar-refractivity contribution in [1.29, 1.82) is 0 Å². The Morgan fingerprint density at radius 2 is 2.08 bits per heavy atom. The smallest absolute Gasteiger partial charge is 0.220 e. The lowest BCUT2D eigenvalue weighted by Gasteiger charge is -2.09. The van der Waals surface area contributed by atoms with Gasteiger partial charge in [0.15, 0.2) is 0 Å². The van der Waals surface area contributed by atoms with Crippen LogP contribution in [0.2, 0.25) is 5.02 Å². The summed E-state index contributed by atoms with van der Waals surface area (Å²) in [7, 11) is 0. The number of nitrogens with one attached hydrogen (secondary N) is 1. The Balaban J connectivity index is 1.54. The zero-order valence-corrected chi connectivity index (χ0v) is 14.8. The maximum Gasteiger partial charge on any atom is 0.220 e. The minimum atomic E-state index is -0.0126. The summed E-state index contributed by atoms with van der Waals surface area (Å²) in [6.45, 7) is 2.96. The summed E-state index contributed by atoms with van der Waals surface area (Å²) in [5, 5.41) is 3.55. The summed E-state index contributed by atoms with van der Waals surface area (Å²) in [6.07, 6.45) is 4.71. The summed E-state index contributed by atoms with van der Waals surface area (Å²) in [4.78, 5) is 16.6. The SMILES string of the molecule is CCOc1ccccc1CCC(=O)NCc1cn2cc(Cl)ccc2n1. The van der Waals surface area contributed by atoms with Crippen molar-refractivity contribution in [3.05, 3.63) is 65.1 Å². The number of pyridine rings is 1. The number of nitrogens with zero attached hydrogens (tertiary/aromatic N) is 2. The van der Waals surface area contributed by atoms with Gasteiger partial charge in [0.25, 0.3) is 0 Å². The van der Waals surface area contributed by atoms with Gasteiger partial charge in [-0.25, -0.2) is 4.98 Å². The standard InChI is InChI=1S/C19H20ClN3O2/c1-2-25-17-6-4-3-5-14(17)7-10-19(24)21-11-16-13-23-12-15(20)8-9-18(23)22-16/h3-6,8-9,12-13H,2,7,10-11H2,1H3,(H,21,24). The molecule has 1 aromatic carbocycles. The van der Waals surface area contributed by atoms with Crippen LogP contribution in [0.15, 0.2) is 48.8 Å². The van der Waals surface area contributed by atoms with Gasteiger partial charge in [-0.1, -0.05) is 29.8 Å². The van der Waals surface area contributed by atoms with Crippen LogP contribution in [0.3, 0.4) is 0 Å². The molecule has 5 nitrogen and oxygen atoms in total. The Morgan fingerprint density at radius 3 is 2.92 bits per heavy atom. The molecule has 0 saturated heterocycles. The van der Waals surface area contributed by atoms with Crippen LogP contribution in [0, 0.1) is 0 Å². The number of ether oxygens (including phenoxy) is 1. The van der Waals surface area contributed by atoms with E-state index in [1.807, 2.05) is 47.9 Å². The molecule has 25 heavy (non-hydrogen) atoms. The van der Waals surface area contributed by atoms with Gasteiger partial charge in [-0.05, 0) is 37.1 Å². The summed E-state index contributed by atoms with van der Waals surface area (Å²) >= 11 is 5.96. The number of imidazole rings is 1. The number of aryl methyl sites for hydroxylation is 1. The Bertz CT molecular complexity index is 876. The molecular formula is C19H20ClN3O2. The van der Waals surface area contributed by atoms with Crippen molar-refractivity contribution in [1.82, 2.24) is 14.7 Å². The number of amides is 1. The molecule has 0 spiro atoms. The number of rotatable bonds is 7. The van der Waals surface area contributed by atoms with E-state index in [4.69, 9.17) is 16.3 Å². The van der Waals surface area contributed by atoms with Crippen LogP contribution in [0.4, 0.5) is 0 Å². The van der Waals surface area contributed by atoms with Crippen LogP contribution in [0.5, 0.6) is 5.75 Å². The summed E-state index contributed by atoms with van der Waals surface area (Å²) < 4.78 is 7.44. The van der Waals surface area contributed by atoms with Crippen LogP contribution in [0.1, 0.15) is 24.6 Å². The molecule has 0 fully saturated rings. The average molecular weight is 358 g/mol. The van der Waals surface area contributed by atoms with E-state index in [9.17, 15) is 4.79 Å². The molecule has 2 aromatic heterocycles. The second-order valence-corrected chi connectivity index (χ2v) is 6.10. The van der Waals surface area contributed by atoms with E-state index < -0.39 is 0 Å². The van der Waals surface area contributed by atoms with Gasteiger partial charge in [-0.15, -0.1) is 0 Å². The molecule has 1 amide bonds. The van der Waals surface area contributed by atoms with E-state index in [1.54, 1.807) is 12.3 Å². The number of benzene rings is 1. The Kier molecular flexibility index (Phi) is 5.56. The van der Waals surface area contributed by atoms with Crippen molar-refractivity contribution in [2.75, 3.05) is 6.61 Å². The second kappa shape index (κ2) is 8.03. The molecule has 0 saturated carbocycles. The van der Waals surface area contributed by atoms with Gasteiger partial charge >= 0.3 is 0 Å². The molecule has 0 aliphatic heterocycles. The quantitative estimate of drug-likeness (QED) is 0.702. The third kappa shape index (κ3) is 4.51. The van der Waals surface area contributed by atoms with Gasteiger partial charge in [0.2, 0.25) is 5.91 Å². The molecule has 0 bridgehead atoms. The van der Waals surface area contributed by atoms with E-state index in [0.717, 1.165) is 22.7 Å². The molecule has 1 N–H and O–H groups in total. The molecular weight excluding hydrogens is 338 g/mol. The molecule has 0 aliphatic rings.